The minimum Gasteiger partial charge on any atom is -0.462 e. The van der Waals surface area contributed by atoms with Crippen molar-refractivity contribution in [2.75, 3.05) is 47.5 Å². The summed E-state index contributed by atoms with van der Waals surface area (Å²) in [6.07, 6.45) is 105. The van der Waals surface area contributed by atoms with Gasteiger partial charge in [0.05, 0.1) is 27.7 Å². The molecule has 0 aromatic carbocycles. The van der Waals surface area contributed by atoms with Crippen LogP contribution in [0.5, 0.6) is 0 Å². The summed E-state index contributed by atoms with van der Waals surface area (Å²) in [7, 11) is 1.47. The largest absolute Gasteiger partial charge is 0.472 e. The van der Waals surface area contributed by atoms with Gasteiger partial charge in [-0.3, -0.25) is 18.6 Å². The van der Waals surface area contributed by atoms with Crippen molar-refractivity contribution in [2.24, 2.45) is 0 Å². The van der Waals surface area contributed by atoms with Gasteiger partial charge in [0.15, 0.2) is 6.10 Å². The summed E-state index contributed by atoms with van der Waals surface area (Å²) in [6, 6.07) is 0. The first-order valence-corrected chi connectivity index (χ1v) is 39.1. The number of hydrogen-bond acceptors (Lipinski definition) is 7. The van der Waals surface area contributed by atoms with E-state index in [2.05, 4.69) is 160 Å². The van der Waals surface area contributed by atoms with Crippen molar-refractivity contribution < 1.29 is 42.1 Å². The van der Waals surface area contributed by atoms with Gasteiger partial charge in [-0.1, -0.05) is 327 Å². The van der Waals surface area contributed by atoms with Gasteiger partial charge < -0.3 is 18.9 Å². The maximum Gasteiger partial charge on any atom is 0.472 e. The molecule has 0 aliphatic rings. The monoisotopic (exact) mass is 1300 g/mol. The van der Waals surface area contributed by atoms with Crippen molar-refractivity contribution in [1.29, 1.82) is 0 Å². The second kappa shape index (κ2) is 71.2. The highest BCUT2D eigenvalue weighted by Gasteiger charge is 2.27. The number of phosphoric acid groups is 1. The molecule has 0 aliphatic carbocycles. The second-order valence-corrected chi connectivity index (χ2v) is 27.4. The van der Waals surface area contributed by atoms with Crippen molar-refractivity contribution >= 4 is 19.8 Å². The predicted octanol–water partition coefficient (Wildman–Crippen LogP) is 24.9. The van der Waals surface area contributed by atoms with Gasteiger partial charge >= 0.3 is 19.8 Å². The third-order valence-corrected chi connectivity index (χ3v) is 16.8. The number of hydrogen-bond donors (Lipinski definition) is 1. The number of carbonyl (C=O) groups is 2. The number of phosphoric ester groups is 1. The standard InChI is InChI=1S/C82H140NO8P/c1-6-8-10-12-14-16-18-20-22-24-26-28-30-32-34-35-36-37-38-39-40-41-42-43-44-45-46-47-49-51-53-55-57-59-61-63-65-67-69-71-73-75-82(85)91-80(79-90-92(86,87)89-77-76-83(3,4)5)78-88-81(84)74-72-70-68-66-64-62-60-58-56-54-52-50-48-33-31-29-27-25-23-21-19-17-15-13-11-9-7-2/h8-11,14-17,20-23,26-29,32-34,36-37,39-40,48,80H,6-7,12-13,18-19,24-25,30-31,35,38,41-47,49-79H2,1-5H3/p+1/b10-8-,11-9-,16-14-,17-15-,22-20-,23-21-,28-26-,29-27-,34-32-,37-36-,40-39-,48-33-. The Kier molecular flexibility index (Phi) is 68.0. The second-order valence-electron chi connectivity index (χ2n) is 25.9. The molecule has 2 atom stereocenters. The molecule has 0 aromatic rings. The summed E-state index contributed by atoms with van der Waals surface area (Å²) in [5.74, 6) is -0.797. The molecular weight excluding hydrogens is 1160 g/mol. The van der Waals surface area contributed by atoms with Gasteiger partial charge in [-0.05, 0) is 116 Å². The first-order valence-electron chi connectivity index (χ1n) is 37.6. The fraction of sp³-hybridized carbons (Fsp3) is 0.683. The van der Waals surface area contributed by atoms with Crippen LogP contribution in [0, 0.1) is 0 Å². The zero-order valence-corrected chi connectivity index (χ0v) is 60.9. The average molecular weight is 1300 g/mol. The van der Waals surface area contributed by atoms with Gasteiger partial charge in [-0.25, -0.2) is 4.57 Å². The number of likely N-dealkylation sites (N-methyl/N-ethyl adjacent to an activating group) is 1. The number of ether oxygens (including phenoxy) is 2. The van der Waals surface area contributed by atoms with E-state index in [1.165, 1.54) is 167 Å². The topological polar surface area (TPSA) is 108 Å². The van der Waals surface area contributed by atoms with Crippen LogP contribution in [0.3, 0.4) is 0 Å². The molecular formula is C82H141NO8P+. The fourth-order valence-electron chi connectivity index (χ4n) is 10.2. The Bertz CT molecular complexity index is 2070. The number of esters is 2. The molecule has 0 aromatic heterocycles. The minimum absolute atomic E-state index is 0.0269. The smallest absolute Gasteiger partial charge is 0.462 e. The SMILES string of the molecule is CC/C=C\C/C=C\C/C=C\C/C=C\C/C=C\C/C=C\C/C=C\CCCCCCCCCCCCCCCCCCCCCC(=O)OC(COC(=O)CCCCCCCCCCCCC/C=C\C/C=C\C/C=C\C/C=C\C/C=C\CC)COP(=O)(O)OCC[N+](C)(C)C. The van der Waals surface area contributed by atoms with Gasteiger partial charge in [0.2, 0.25) is 0 Å². The first-order chi connectivity index (χ1) is 45.0. The zero-order valence-electron chi connectivity index (χ0n) is 60.0. The number of nitrogens with zero attached hydrogens (tertiary/aromatic N) is 1. The quantitative estimate of drug-likeness (QED) is 0.0211. The molecule has 9 nitrogen and oxygen atoms in total. The zero-order chi connectivity index (χ0) is 66.9. The van der Waals surface area contributed by atoms with Crippen LogP contribution in [0.25, 0.3) is 0 Å². The molecule has 0 heterocycles. The van der Waals surface area contributed by atoms with Crippen LogP contribution >= 0.6 is 7.82 Å². The van der Waals surface area contributed by atoms with Gasteiger partial charge in [0.1, 0.15) is 19.8 Å². The number of unbranched alkanes of at least 4 members (excludes halogenated alkanes) is 30. The van der Waals surface area contributed by atoms with E-state index in [1.807, 2.05) is 21.1 Å². The van der Waals surface area contributed by atoms with E-state index in [4.69, 9.17) is 18.5 Å². The van der Waals surface area contributed by atoms with Crippen LogP contribution in [-0.2, 0) is 32.7 Å². The summed E-state index contributed by atoms with van der Waals surface area (Å²) in [4.78, 5) is 35.9. The highest BCUT2D eigenvalue weighted by Crippen LogP contribution is 2.43. The highest BCUT2D eigenvalue weighted by molar-refractivity contribution is 7.47. The van der Waals surface area contributed by atoms with Crippen LogP contribution in [0.4, 0.5) is 0 Å². The van der Waals surface area contributed by atoms with E-state index in [9.17, 15) is 19.0 Å². The Morgan fingerprint density at radius 2 is 0.587 bits per heavy atom. The van der Waals surface area contributed by atoms with E-state index >= 15 is 0 Å². The van der Waals surface area contributed by atoms with Crippen molar-refractivity contribution in [3.05, 3.63) is 146 Å². The van der Waals surface area contributed by atoms with Crippen molar-refractivity contribution in [1.82, 2.24) is 0 Å². The molecule has 0 radical (unpaired) electrons. The van der Waals surface area contributed by atoms with Crippen molar-refractivity contribution in [3.63, 3.8) is 0 Å². The first kappa shape index (κ1) is 87.9. The fourth-order valence-corrected chi connectivity index (χ4v) is 10.9. The summed E-state index contributed by atoms with van der Waals surface area (Å²) in [5.41, 5.74) is 0. The Hall–Kier alpha value is -4.11. The Labute approximate surface area is 567 Å². The molecule has 2 unspecified atom stereocenters. The normalized spacial score (nSPS) is 13.9. The van der Waals surface area contributed by atoms with Gasteiger partial charge in [0, 0.05) is 12.8 Å². The Morgan fingerprint density at radius 1 is 0.337 bits per heavy atom. The summed E-state index contributed by atoms with van der Waals surface area (Å²) < 4.78 is 34.8. The van der Waals surface area contributed by atoms with Gasteiger partial charge in [0.25, 0.3) is 0 Å². The molecule has 0 aliphatic heterocycles. The molecule has 0 bridgehead atoms. The van der Waals surface area contributed by atoms with Crippen LogP contribution in [0.2, 0.25) is 0 Å². The molecule has 1 N–H and O–H groups in total. The molecule has 10 heteroatoms. The number of quaternary nitrogens is 1. The van der Waals surface area contributed by atoms with E-state index < -0.39 is 26.5 Å². The van der Waals surface area contributed by atoms with Crippen molar-refractivity contribution in [3.8, 4) is 0 Å². The van der Waals surface area contributed by atoms with Crippen LogP contribution < -0.4 is 0 Å². The summed E-state index contributed by atoms with van der Waals surface area (Å²) >= 11 is 0. The summed E-state index contributed by atoms with van der Waals surface area (Å²) in [6.45, 7) is 4.22. The van der Waals surface area contributed by atoms with E-state index in [-0.39, 0.29) is 32.0 Å². The lowest BCUT2D eigenvalue weighted by Crippen LogP contribution is -2.37. The lowest BCUT2D eigenvalue weighted by atomic mass is 10.0. The third kappa shape index (κ3) is 74.9. The molecule has 0 fully saturated rings. The predicted molar refractivity (Wildman–Crippen MR) is 399 cm³/mol. The lowest BCUT2D eigenvalue weighted by molar-refractivity contribution is -0.870. The third-order valence-electron chi connectivity index (χ3n) is 15.9. The van der Waals surface area contributed by atoms with Crippen LogP contribution in [0.1, 0.15) is 309 Å². The molecule has 0 saturated heterocycles. The summed E-state index contributed by atoms with van der Waals surface area (Å²) in [5, 5.41) is 0. The average Bonchev–Trinajstić information content (AvgIpc) is 2.23. The van der Waals surface area contributed by atoms with Crippen LogP contribution in [-0.4, -0.2) is 74.9 Å². The molecule has 0 amide bonds. The molecule has 92 heavy (non-hydrogen) atoms. The van der Waals surface area contributed by atoms with Crippen molar-refractivity contribution in [2.45, 2.75) is 315 Å². The molecule has 526 valence electrons. The molecule has 0 rings (SSSR count). The maximum absolute atomic E-state index is 12.9. The molecule has 0 saturated carbocycles. The van der Waals surface area contributed by atoms with E-state index in [1.54, 1.807) is 0 Å². The lowest BCUT2D eigenvalue weighted by Gasteiger charge is -2.24. The Morgan fingerprint density at radius 3 is 0.870 bits per heavy atom. The van der Waals surface area contributed by atoms with Gasteiger partial charge in [-0.2, -0.15) is 0 Å². The number of carbonyl (C=O) groups excluding carboxylic acids is 2. The van der Waals surface area contributed by atoms with E-state index in [0.29, 0.717) is 17.4 Å². The van der Waals surface area contributed by atoms with Crippen LogP contribution in [0.15, 0.2) is 146 Å². The maximum atomic E-state index is 12.9. The number of allylic oxidation sites excluding steroid dienone is 24. The molecule has 0 spiro atoms. The Balaban J connectivity index is 4.00. The van der Waals surface area contributed by atoms with Gasteiger partial charge in [-0.15, -0.1) is 0 Å². The highest BCUT2D eigenvalue weighted by atomic mass is 31.2. The minimum atomic E-state index is -4.40. The van der Waals surface area contributed by atoms with E-state index in [0.717, 1.165) is 109 Å². The number of rotatable bonds is 68.